The summed E-state index contributed by atoms with van der Waals surface area (Å²) in [6.45, 7) is 6.57. The number of hydrogen-bond acceptors (Lipinski definition) is 3. The maximum atomic E-state index is 14.1. The summed E-state index contributed by atoms with van der Waals surface area (Å²) in [5, 5.41) is 1.16. The maximum Gasteiger partial charge on any atom is 0.329 e. The van der Waals surface area contributed by atoms with Gasteiger partial charge < -0.3 is 4.57 Å². The highest BCUT2D eigenvalue weighted by molar-refractivity contribution is 7.83. The van der Waals surface area contributed by atoms with Crippen molar-refractivity contribution < 1.29 is 9.00 Å². The lowest BCUT2D eigenvalue weighted by Crippen LogP contribution is -2.33. The Morgan fingerprint density at radius 2 is 1.74 bits per heavy atom. The van der Waals surface area contributed by atoms with Gasteiger partial charge in [0.15, 0.2) is 11.0 Å². The minimum Gasteiger partial charge on any atom is -0.350 e. The summed E-state index contributed by atoms with van der Waals surface area (Å²) in [6, 6.07) is 20.7. The molecule has 1 amide bonds. The summed E-state index contributed by atoms with van der Waals surface area (Å²) >= 11 is 0. The predicted octanol–water partition coefficient (Wildman–Crippen LogP) is 5.53. The van der Waals surface area contributed by atoms with Crippen LogP contribution in [0.15, 0.2) is 82.6 Å². The van der Waals surface area contributed by atoms with Gasteiger partial charge in [0.1, 0.15) is 0 Å². The fourth-order valence-electron chi connectivity index (χ4n) is 5.54. The van der Waals surface area contributed by atoms with Gasteiger partial charge in [0.25, 0.3) is 0 Å². The normalized spacial score (nSPS) is 13.1. The average Bonchev–Trinajstić information content (AvgIpc) is 3.38. The highest BCUT2D eigenvalue weighted by Crippen LogP contribution is 2.28. The molecule has 0 fully saturated rings. The molecular formula is C31H34N4O3S. The molecule has 7 nitrogen and oxygen atoms in total. The number of aryl methyl sites for hydroxylation is 3. The van der Waals surface area contributed by atoms with Crippen LogP contribution < -0.4 is 10.4 Å². The van der Waals surface area contributed by atoms with Crippen molar-refractivity contribution in [3.8, 4) is 0 Å². The number of nitrogens with zero attached hydrogens (tertiary/aromatic N) is 3. The zero-order valence-corrected chi connectivity index (χ0v) is 23.6. The number of nitrogens with one attached hydrogen (secondary N) is 1. The van der Waals surface area contributed by atoms with E-state index in [1.807, 2.05) is 55.8 Å². The third kappa shape index (κ3) is 5.21. The van der Waals surface area contributed by atoms with Crippen molar-refractivity contribution in [3.63, 3.8) is 0 Å². The van der Waals surface area contributed by atoms with Crippen molar-refractivity contribution in [2.75, 3.05) is 0 Å². The summed E-state index contributed by atoms with van der Waals surface area (Å²) in [5.41, 5.74) is 5.93. The summed E-state index contributed by atoms with van der Waals surface area (Å²) in [5.74, 6) is -0.347. The SMILES string of the molecule is CCCC(CC(=O)NS(=O)c1ccccc1)n1c(=O)n(Cc2cn(C)c3cccc(C)c23)c2ccc(C)cc21. The summed E-state index contributed by atoms with van der Waals surface area (Å²) in [4.78, 5) is 27.7. The first-order valence-electron chi connectivity index (χ1n) is 13.3. The second-order valence-electron chi connectivity index (χ2n) is 10.2. The fraction of sp³-hybridized carbons (Fsp3) is 0.290. The summed E-state index contributed by atoms with van der Waals surface area (Å²) in [6.07, 6.45) is 3.60. The standard InChI is InChI=1S/C31H34N4O3S/c1-5-10-24(18-29(36)32-39(38)25-12-7-6-8-13-25)35-28-17-21(2)15-16-26(28)34(31(35)37)20-23-19-33(4)27-14-9-11-22(3)30(23)27/h6-9,11-17,19,24H,5,10,18,20H2,1-4H3,(H,32,36). The summed E-state index contributed by atoms with van der Waals surface area (Å²) < 4.78 is 21.0. The molecule has 2 heterocycles. The number of rotatable bonds is 9. The highest BCUT2D eigenvalue weighted by atomic mass is 32.2. The number of carbonyl (C=O) groups is 1. The second-order valence-corrected chi connectivity index (χ2v) is 11.4. The van der Waals surface area contributed by atoms with Gasteiger partial charge in [-0.25, -0.2) is 9.00 Å². The Morgan fingerprint density at radius 1 is 0.974 bits per heavy atom. The molecule has 0 saturated carbocycles. The third-order valence-electron chi connectivity index (χ3n) is 7.32. The van der Waals surface area contributed by atoms with Crippen LogP contribution in [0, 0.1) is 13.8 Å². The minimum absolute atomic E-state index is 0.0623. The number of fused-ring (bicyclic) bond motifs is 2. The van der Waals surface area contributed by atoms with Gasteiger partial charge in [-0.3, -0.25) is 18.7 Å². The van der Waals surface area contributed by atoms with E-state index in [9.17, 15) is 13.8 Å². The first kappa shape index (κ1) is 26.7. The molecule has 0 bridgehead atoms. The highest BCUT2D eigenvalue weighted by Gasteiger charge is 2.24. The van der Waals surface area contributed by atoms with Crippen molar-refractivity contribution in [1.82, 2.24) is 18.4 Å². The van der Waals surface area contributed by atoms with E-state index in [1.165, 1.54) is 5.56 Å². The number of hydrogen-bond donors (Lipinski definition) is 1. The van der Waals surface area contributed by atoms with E-state index in [0.717, 1.165) is 39.5 Å². The lowest BCUT2D eigenvalue weighted by Gasteiger charge is -2.18. The Labute approximate surface area is 230 Å². The van der Waals surface area contributed by atoms with E-state index < -0.39 is 11.0 Å². The molecule has 2 aromatic heterocycles. The van der Waals surface area contributed by atoms with Crippen molar-refractivity contribution >= 4 is 38.8 Å². The van der Waals surface area contributed by atoms with Gasteiger partial charge in [-0.15, -0.1) is 0 Å². The monoisotopic (exact) mass is 542 g/mol. The fourth-order valence-corrected chi connectivity index (χ4v) is 6.35. The van der Waals surface area contributed by atoms with Gasteiger partial charge in [0.05, 0.1) is 22.5 Å². The molecule has 2 unspecified atom stereocenters. The third-order valence-corrected chi connectivity index (χ3v) is 8.43. The molecule has 0 aliphatic heterocycles. The number of benzene rings is 3. The van der Waals surface area contributed by atoms with Gasteiger partial charge in [0, 0.05) is 36.6 Å². The Kier molecular flexibility index (Phi) is 7.57. The lowest BCUT2D eigenvalue weighted by molar-refractivity contribution is -0.120. The van der Waals surface area contributed by atoms with E-state index >= 15 is 0 Å². The van der Waals surface area contributed by atoms with Gasteiger partial charge >= 0.3 is 5.69 Å². The lowest BCUT2D eigenvalue weighted by atomic mass is 10.1. The Morgan fingerprint density at radius 3 is 2.49 bits per heavy atom. The second kappa shape index (κ2) is 11.1. The molecule has 0 aliphatic rings. The molecular weight excluding hydrogens is 508 g/mol. The van der Waals surface area contributed by atoms with E-state index in [0.29, 0.717) is 17.9 Å². The van der Waals surface area contributed by atoms with Crippen molar-refractivity contribution in [1.29, 1.82) is 0 Å². The number of carbonyl (C=O) groups excluding carboxylic acids is 1. The van der Waals surface area contributed by atoms with Crippen LogP contribution in [-0.4, -0.2) is 23.8 Å². The molecule has 0 radical (unpaired) electrons. The predicted molar refractivity (Wildman–Crippen MR) is 157 cm³/mol. The zero-order valence-electron chi connectivity index (χ0n) is 22.8. The molecule has 5 rings (SSSR count). The number of aromatic nitrogens is 3. The molecule has 2 atom stereocenters. The molecule has 0 spiro atoms. The molecule has 8 heteroatoms. The van der Waals surface area contributed by atoms with Crippen LogP contribution in [0.1, 0.15) is 48.9 Å². The van der Waals surface area contributed by atoms with Crippen molar-refractivity contribution in [2.45, 2.75) is 57.5 Å². The van der Waals surface area contributed by atoms with E-state index in [2.05, 4.69) is 34.5 Å². The molecule has 5 aromatic rings. The minimum atomic E-state index is -1.66. The molecule has 202 valence electrons. The summed E-state index contributed by atoms with van der Waals surface area (Å²) in [7, 11) is 0.368. The number of imidazole rings is 1. The molecule has 0 aliphatic carbocycles. The van der Waals surface area contributed by atoms with Crippen LogP contribution >= 0.6 is 0 Å². The van der Waals surface area contributed by atoms with Crippen LogP contribution in [0.3, 0.4) is 0 Å². The molecule has 3 aromatic carbocycles. The first-order chi connectivity index (χ1) is 18.8. The molecule has 39 heavy (non-hydrogen) atoms. The van der Waals surface area contributed by atoms with Gasteiger partial charge in [0.2, 0.25) is 5.91 Å². The quantitative estimate of drug-likeness (QED) is 0.266. The largest absolute Gasteiger partial charge is 0.350 e. The maximum absolute atomic E-state index is 14.1. The van der Waals surface area contributed by atoms with Crippen LogP contribution in [0.5, 0.6) is 0 Å². The Balaban J connectivity index is 1.54. The Hall–Kier alpha value is -3.91. The van der Waals surface area contributed by atoms with Gasteiger partial charge in [-0.2, -0.15) is 0 Å². The van der Waals surface area contributed by atoms with Crippen molar-refractivity contribution in [3.05, 3.63) is 100 Å². The van der Waals surface area contributed by atoms with Crippen LogP contribution in [0.25, 0.3) is 21.9 Å². The van der Waals surface area contributed by atoms with Crippen LogP contribution in [0.4, 0.5) is 0 Å². The van der Waals surface area contributed by atoms with Gasteiger partial charge in [-0.1, -0.05) is 49.7 Å². The van der Waals surface area contributed by atoms with Crippen LogP contribution in [0.2, 0.25) is 0 Å². The molecule has 1 N–H and O–H groups in total. The zero-order chi connectivity index (χ0) is 27.7. The average molecular weight is 543 g/mol. The Bertz CT molecular complexity index is 1750. The topological polar surface area (TPSA) is 78.0 Å². The van der Waals surface area contributed by atoms with Crippen molar-refractivity contribution in [2.24, 2.45) is 7.05 Å². The first-order valence-corrected chi connectivity index (χ1v) is 14.4. The smallest absolute Gasteiger partial charge is 0.329 e. The van der Waals surface area contributed by atoms with E-state index in [-0.39, 0.29) is 24.1 Å². The number of amides is 1. The van der Waals surface area contributed by atoms with Gasteiger partial charge in [-0.05, 0) is 67.3 Å². The van der Waals surface area contributed by atoms with E-state index in [1.54, 1.807) is 28.8 Å². The van der Waals surface area contributed by atoms with Crippen LogP contribution in [-0.2, 0) is 29.4 Å². The van der Waals surface area contributed by atoms with E-state index in [4.69, 9.17) is 0 Å². The molecule has 0 saturated heterocycles.